The van der Waals surface area contributed by atoms with Crippen LogP contribution in [-0.2, 0) is 11.2 Å². The fraction of sp³-hybridized carbons (Fsp3) is 0.167. The zero-order valence-corrected chi connectivity index (χ0v) is 11.0. The Balaban J connectivity index is 2.00. The molecule has 19 heavy (non-hydrogen) atoms. The first-order valence-corrected chi connectivity index (χ1v) is 6.33. The topological polar surface area (TPSA) is 97.5 Å². The molecule has 0 bridgehead atoms. The summed E-state index contributed by atoms with van der Waals surface area (Å²) in [5.74, 6) is 0.0957. The van der Waals surface area contributed by atoms with E-state index in [-0.39, 0.29) is 18.1 Å². The average Bonchev–Trinajstić information content (AvgIpc) is 2.74. The lowest BCUT2D eigenvalue weighted by molar-refractivity contribution is -0.115. The number of phenols is 1. The van der Waals surface area contributed by atoms with Crippen LogP contribution in [0.1, 0.15) is 5.69 Å². The third-order valence-electron chi connectivity index (χ3n) is 2.37. The highest BCUT2D eigenvalue weighted by atomic mass is 32.1. The zero-order chi connectivity index (χ0) is 13.8. The predicted octanol–water partition coefficient (Wildman–Crippen LogP) is 1.62. The number of rotatable bonds is 4. The summed E-state index contributed by atoms with van der Waals surface area (Å²) in [5, 5.41) is 14.4. The Morgan fingerprint density at radius 2 is 2.37 bits per heavy atom. The van der Waals surface area contributed by atoms with Crippen LogP contribution in [0.2, 0.25) is 0 Å². The summed E-state index contributed by atoms with van der Waals surface area (Å²) in [6, 6.07) is 4.64. The van der Waals surface area contributed by atoms with Crippen molar-refractivity contribution < 1.29 is 14.6 Å². The summed E-state index contributed by atoms with van der Waals surface area (Å²) in [5.41, 5.74) is 6.60. The molecule has 1 aromatic carbocycles. The number of thiazole rings is 1. The second kappa shape index (κ2) is 5.57. The lowest BCUT2D eigenvalue weighted by Crippen LogP contribution is -2.14. The van der Waals surface area contributed by atoms with E-state index in [1.807, 2.05) is 0 Å². The van der Waals surface area contributed by atoms with Gasteiger partial charge in [-0.2, -0.15) is 0 Å². The molecule has 0 aliphatic carbocycles. The lowest BCUT2D eigenvalue weighted by Gasteiger charge is -2.07. The summed E-state index contributed by atoms with van der Waals surface area (Å²) < 4.78 is 4.92. The second-order valence-electron chi connectivity index (χ2n) is 3.79. The molecule has 1 amide bonds. The number of nitrogens with one attached hydrogen (secondary N) is 1. The van der Waals surface area contributed by atoms with Crippen LogP contribution in [0.15, 0.2) is 23.6 Å². The van der Waals surface area contributed by atoms with Gasteiger partial charge in [0, 0.05) is 17.1 Å². The van der Waals surface area contributed by atoms with Crippen molar-refractivity contribution >= 4 is 28.1 Å². The standard InChI is InChI=1S/C12H13N3O3S/c1-18-10-3-2-7(4-9(10)16)14-11(17)5-8-6-19-12(13)15-8/h2-4,6,16H,5H2,1H3,(H2,13,15)(H,14,17). The number of hydrogen-bond donors (Lipinski definition) is 3. The van der Waals surface area contributed by atoms with Crippen LogP contribution in [0.5, 0.6) is 11.5 Å². The van der Waals surface area contributed by atoms with Crippen LogP contribution < -0.4 is 15.8 Å². The van der Waals surface area contributed by atoms with Gasteiger partial charge in [-0.15, -0.1) is 11.3 Å². The molecule has 6 nitrogen and oxygen atoms in total. The highest BCUT2D eigenvalue weighted by Gasteiger charge is 2.09. The van der Waals surface area contributed by atoms with Crippen molar-refractivity contribution in [2.24, 2.45) is 0 Å². The Morgan fingerprint density at radius 1 is 1.58 bits per heavy atom. The molecule has 0 aliphatic heterocycles. The number of ether oxygens (including phenoxy) is 1. The molecular formula is C12H13N3O3S. The van der Waals surface area contributed by atoms with Crippen LogP contribution in [0.4, 0.5) is 10.8 Å². The van der Waals surface area contributed by atoms with Gasteiger partial charge in [0.1, 0.15) is 0 Å². The molecule has 0 saturated heterocycles. The van der Waals surface area contributed by atoms with E-state index in [1.54, 1.807) is 17.5 Å². The van der Waals surface area contributed by atoms with Crippen molar-refractivity contribution in [2.75, 3.05) is 18.2 Å². The number of nitrogens with zero attached hydrogens (tertiary/aromatic N) is 1. The Labute approximate surface area is 113 Å². The van der Waals surface area contributed by atoms with Gasteiger partial charge in [0.15, 0.2) is 16.6 Å². The molecule has 1 aromatic heterocycles. The van der Waals surface area contributed by atoms with Crippen LogP contribution >= 0.6 is 11.3 Å². The number of benzene rings is 1. The van der Waals surface area contributed by atoms with Crippen molar-refractivity contribution in [2.45, 2.75) is 6.42 Å². The predicted molar refractivity (Wildman–Crippen MR) is 73.5 cm³/mol. The van der Waals surface area contributed by atoms with E-state index >= 15 is 0 Å². The Kier molecular flexibility index (Phi) is 3.86. The van der Waals surface area contributed by atoms with Gasteiger partial charge in [-0.25, -0.2) is 4.98 Å². The molecule has 0 aliphatic rings. The summed E-state index contributed by atoms with van der Waals surface area (Å²) >= 11 is 1.29. The first-order chi connectivity index (χ1) is 9.08. The number of methoxy groups -OCH3 is 1. The molecule has 100 valence electrons. The van der Waals surface area contributed by atoms with Gasteiger partial charge < -0.3 is 20.9 Å². The number of amides is 1. The minimum absolute atomic E-state index is 0.0294. The van der Waals surface area contributed by atoms with E-state index < -0.39 is 0 Å². The number of phenolic OH excluding ortho intramolecular Hbond substituents is 1. The number of hydrogen-bond acceptors (Lipinski definition) is 6. The van der Waals surface area contributed by atoms with Gasteiger partial charge in [0.05, 0.1) is 19.2 Å². The molecular weight excluding hydrogens is 266 g/mol. The van der Waals surface area contributed by atoms with Gasteiger partial charge >= 0.3 is 0 Å². The van der Waals surface area contributed by atoms with E-state index in [4.69, 9.17) is 10.5 Å². The van der Waals surface area contributed by atoms with Crippen molar-refractivity contribution in [3.63, 3.8) is 0 Å². The van der Waals surface area contributed by atoms with Gasteiger partial charge in [0.25, 0.3) is 0 Å². The van der Waals surface area contributed by atoms with E-state index in [9.17, 15) is 9.90 Å². The number of nitrogen functional groups attached to an aromatic ring is 1. The van der Waals surface area contributed by atoms with Gasteiger partial charge in [-0.3, -0.25) is 4.79 Å². The first kappa shape index (κ1) is 13.2. The monoisotopic (exact) mass is 279 g/mol. The number of anilines is 2. The summed E-state index contributed by atoms with van der Waals surface area (Å²) in [6.45, 7) is 0. The maximum atomic E-state index is 11.8. The SMILES string of the molecule is COc1ccc(NC(=O)Cc2csc(N)n2)cc1O. The van der Waals surface area contributed by atoms with E-state index in [0.717, 1.165) is 0 Å². The molecule has 0 radical (unpaired) electrons. The average molecular weight is 279 g/mol. The fourth-order valence-corrected chi connectivity index (χ4v) is 2.10. The maximum Gasteiger partial charge on any atom is 0.230 e. The van der Waals surface area contributed by atoms with Gasteiger partial charge in [0.2, 0.25) is 5.91 Å². The van der Waals surface area contributed by atoms with Crippen molar-refractivity contribution in [1.29, 1.82) is 0 Å². The largest absolute Gasteiger partial charge is 0.504 e. The summed E-state index contributed by atoms with van der Waals surface area (Å²) in [4.78, 5) is 15.8. The molecule has 1 heterocycles. The zero-order valence-electron chi connectivity index (χ0n) is 10.2. The lowest BCUT2D eigenvalue weighted by atomic mass is 10.2. The number of nitrogens with two attached hydrogens (primary N) is 1. The van der Waals surface area contributed by atoms with Crippen LogP contribution in [0.25, 0.3) is 0 Å². The summed E-state index contributed by atoms with van der Waals surface area (Å²) in [7, 11) is 1.46. The smallest absolute Gasteiger partial charge is 0.230 e. The van der Waals surface area contributed by atoms with E-state index in [2.05, 4.69) is 10.3 Å². The van der Waals surface area contributed by atoms with Crippen molar-refractivity contribution in [1.82, 2.24) is 4.98 Å². The van der Waals surface area contributed by atoms with Gasteiger partial charge in [-0.1, -0.05) is 0 Å². The van der Waals surface area contributed by atoms with Crippen LogP contribution in [0.3, 0.4) is 0 Å². The number of aromatic nitrogens is 1. The fourth-order valence-electron chi connectivity index (χ4n) is 1.54. The molecule has 2 rings (SSSR count). The molecule has 7 heteroatoms. The Morgan fingerprint density at radius 3 is 2.95 bits per heavy atom. The van der Waals surface area contributed by atoms with E-state index in [1.165, 1.54) is 24.5 Å². The molecule has 0 unspecified atom stereocenters. The maximum absolute atomic E-state index is 11.8. The third-order valence-corrected chi connectivity index (χ3v) is 3.10. The first-order valence-electron chi connectivity index (χ1n) is 5.45. The van der Waals surface area contributed by atoms with Crippen LogP contribution in [-0.4, -0.2) is 23.1 Å². The highest BCUT2D eigenvalue weighted by Crippen LogP contribution is 2.28. The minimum Gasteiger partial charge on any atom is -0.504 e. The van der Waals surface area contributed by atoms with Crippen molar-refractivity contribution in [3.05, 3.63) is 29.3 Å². The molecule has 0 saturated carbocycles. The number of carbonyl (C=O) groups excluding carboxylic acids is 1. The van der Waals surface area contributed by atoms with Crippen molar-refractivity contribution in [3.8, 4) is 11.5 Å². The minimum atomic E-state index is -0.227. The molecule has 0 spiro atoms. The second-order valence-corrected chi connectivity index (χ2v) is 4.68. The van der Waals surface area contributed by atoms with Gasteiger partial charge in [-0.05, 0) is 12.1 Å². The Bertz CT molecular complexity index is 598. The Hall–Kier alpha value is -2.28. The highest BCUT2D eigenvalue weighted by molar-refractivity contribution is 7.13. The summed E-state index contributed by atoms with van der Waals surface area (Å²) in [6.07, 6.45) is 0.139. The molecule has 2 aromatic rings. The third kappa shape index (κ3) is 3.35. The molecule has 0 fully saturated rings. The normalized spacial score (nSPS) is 10.2. The quantitative estimate of drug-likeness (QED) is 0.790. The molecule has 0 atom stereocenters. The van der Waals surface area contributed by atoms with E-state index in [0.29, 0.717) is 22.3 Å². The van der Waals surface area contributed by atoms with Crippen LogP contribution in [0, 0.1) is 0 Å². The molecule has 4 N–H and O–H groups in total. The number of aromatic hydroxyl groups is 1. The number of carbonyl (C=O) groups is 1.